The van der Waals surface area contributed by atoms with E-state index in [-0.39, 0.29) is 19.6 Å². The minimum Gasteiger partial charge on any atom is -0.465 e. The fourth-order valence-electron chi connectivity index (χ4n) is 4.56. The van der Waals surface area contributed by atoms with Gasteiger partial charge in [0.05, 0.1) is 12.2 Å². The van der Waals surface area contributed by atoms with Gasteiger partial charge in [-0.15, -0.1) is 0 Å². The lowest BCUT2D eigenvalue weighted by Gasteiger charge is -2.46. The summed E-state index contributed by atoms with van der Waals surface area (Å²) in [6.07, 6.45) is -0.517. The van der Waals surface area contributed by atoms with Gasteiger partial charge >= 0.3 is 12.1 Å². The molecule has 2 amide bonds. The lowest BCUT2D eigenvalue weighted by molar-refractivity contribution is -0.128. The van der Waals surface area contributed by atoms with E-state index in [1.807, 2.05) is 48.5 Å². The SMILES string of the molecule is CCOC(=O)c1ccc(NC(=O)[C@]2(Cc3ccccc3)c3cccc(Br)c3CCN2C(=O)O)cc1. The van der Waals surface area contributed by atoms with Crippen molar-refractivity contribution in [3.05, 3.63) is 99.5 Å². The summed E-state index contributed by atoms with van der Waals surface area (Å²) in [5.74, 6) is -0.916. The summed E-state index contributed by atoms with van der Waals surface area (Å²) in [5, 5.41) is 13.1. The van der Waals surface area contributed by atoms with Crippen molar-refractivity contribution in [3.63, 3.8) is 0 Å². The Bertz CT molecular complexity index is 1250. The number of benzene rings is 3. The van der Waals surface area contributed by atoms with Crippen LogP contribution in [-0.2, 0) is 27.9 Å². The molecule has 35 heavy (non-hydrogen) atoms. The third-order valence-corrected chi connectivity index (χ3v) is 6.92. The highest BCUT2D eigenvalue weighted by Crippen LogP contribution is 2.42. The van der Waals surface area contributed by atoms with Gasteiger partial charge in [-0.25, -0.2) is 9.59 Å². The number of nitrogens with zero attached hydrogens (tertiary/aromatic N) is 1. The molecule has 0 radical (unpaired) electrons. The zero-order valence-corrected chi connectivity index (χ0v) is 20.7. The number of carbonyl (C=O) groups is 3. The van der Waals surface area contributed by atoms with E-state index in [1.54, 1.807) is 31.2 Å². The van der Waals surface area contributed by atoms with E-state index in [0.717, 1.165) is 15.6 Å². The molecule has 8 heteroatoms. The first-order valence-corrected chi connectivity index (χ1v) is 12.1. The van der Waals surface area contributed by atoms with Gasteiger partial charge in [0.15, 0.2) is 5.54 Å². The van der Waals surface area contributed by atoms with Crippen LogP contribution in [0.5, 0.6) is 0 Å². The number of carbonyl (C=O) groups excluding carboxylic acids is 2. The van der Waals surface area contributed by atoms with Gasteiger partial charge < -0.3 is 15.2 Å². The Morgan fingerprint density at radius 3 is 2.40 bits per heavy atom. The molecule has 3 aromatic rings. The maximum absolute atomic E-state index is 14.1. The summed E-state index contributed by atoms with van der Waals surface area (Å²) >= 11 is 3.58. The molecule has 0 saturated carbocycles. The van der Waals surface area contributed by atoms with E-state index in [2.05, 4.69) is 21.2 Å². The average molecular weight is 537 g/mol. The number of rotatable bonds is 6. The third kappa shape index (κ3) is 4.79. The summed E-state index contributed by atoms with van der Waals surface area (Å²) in [6.45, 7) is 2.17. The Morgan fingerprint density at radius 1 is 1.03 bits per heavy atom. The van der Waals surface area contributed by atoms with Gasteiger partial charge in [0.2, 0.25) is 0 Å². The van der Waals surface area contributed by atoms with Gasteiger partial charge in [-0.1, -0.05) is 58.4 Å². The third-order valence-electron chi connectivity index (χ3n) is 6.17. The van der Waals surface area contributed by atoms with Crippen molar-refractivity contribution in [2.75, 3.05) is 18.5 Å². The molecule has 4 rings (SSSR count). The van der Waals surface area contributed by atoms with Crippen LogP contribution in [0.2, 0.25) is 0 Å². The predicted octanol–water partition coefficient (Wildman–Crippen LogP) is 5.24. The molecule has 0 aliphatic carbocycles. The second kappa shape index (κ2) is 10.3. The zero-order chi connectivity index (χ0) is 25.0. The number of hydrogen-bond acceptors (Lipinski definition) is 4. The molecule has 0 bridgehead atoms. The van der Waals surface area contributed by atoms with Crippen molar-refractivity contribution in [1.29, 1.82) is 0 Å². The van der Waals surface area contributed by atoms with E-state index in [4.69, 9.17) is 4.74 Å². The Kier molecular flexibility index (Phi) is 7.21. The molecule has 180 valence electrons. The van der Waals surface area contributed by atoms with Crippen LogP contribution in [0.3, 0.4) is 0 Å². The van der Waals surface area contributed by atoms with Crippen molar-refractivity contribution in [3.8, 4) is 0 Å². The standard InChI is InChI=1S/C27H25BrN2O5/c1-2-35-24(31)19-11-13-20(14-12-19)29-25(32)27(17-18-7-4-3-5-8-18)22-9-6-10-23(28)21(22)15-16-30(27)26(33)34/h3-14H,2,15-17H2,1H3,(H,29,32)(H,33,34)/t27-/m0/s1. The number of halogens is 1. The first-order valence-electron chi connectivity index (χ1n) is 11.3. The topological polar surface area (TPSA) is 95.9 Å². The number of fused-ring (bicyclic) bond motifs is 1. The first-order chi connectivity index (χ1) is 16.9. The number of nitrogens with one attached hydrogen (secondary N) is 1. The van der Waals surface area contributed by atoms with Crippen LogP contribution in [0.4, 0.5) is 10.5 Å². The van der Waals surface area contributed by atoms with Crippen LogP contribution >= 0.6 is 15.9 Å². The lowest BCUT2D eigenvalue weighted by atomic mass is 9.75. The van der Waals surface area contributed by atoms with Crippen molar-refractivity contribution in [2.45, 2.75) is 25.3 Å². The second-order valence-corrected chi connectivity index (χ2v) is 9.08. The number of amides is 2. The molecule has 0 aromatic heterocycles. The maximum Gasteiger partial charge on any atom is 0.408 e. The number of ether oxygens (including phenoxy) is 1. The molecule has 0 spiro atoms. The minimum atomic E-state index is -1.50. The van der Waals surface area contributed by atoms with Gasteiger partial charge in [-0.05, 0) is 60.4 Å². The van der Waals surface area contributed by atoms with Gasteiger partial charge in [-0.2, -0.15) is 0 Å². The predicted molar refractivity (Wildman–Crippen MR) is 135 cm³/mol. The average Bonchev–Trinajstić information content (AvgIpc) is 2.85. The molecule has 1 heterocycles. The van der Waals surface area contributed by atoms with Gasteiger partial charge in [0.25, 0.3) is 5.91 Å². The second-order valence-electron chi connectivity index (χ2n) is 8.22. The molecule has 2 N–H and O–H groups in total. The fourth-order valence-corrected chi connectivity index (χ4v) is 5.13. The van der Waals surface area contributed by atoms with E-state index in [0.29, 0.717) is 23.2 Å². The van der Waals surface area contributed by atoms with E-state index < -0.39 is 23.5 Å². The summed E-state index contributed by atoms with van der Waals surface area (Å²) in [4.78, 5) is 39.8. The van der Waals surface area contributed by atoms with Crippen LogP contribution in [0.25, 0.3) is 0 Å². The molecule has 0 unspecified atom stereocenters. The highest BCUT2D eigenvalue weighted by atomic mass is 79.9. The molecule has 3 aromatic carbocycles. The Morgan fingerprint density at radius 2 is 1.74 bits per heavy atom. The van der Waals surface area contributed by atoms with E-state index >= 15 is 0 Å². The highest BCUT2D eigenvalue weighted by Gasteiger charge is 2.51. The highest BCUT2D eigenvalue weighted by molar-refractivity contribution is 9.10. The van der Waals surface area contributed by atoms with Crippen LogP contribution in [0.1, 0.15) is 34.0 Å². The first kappa shape index (κ1) is 24.5. The van der Waals surface area contributed by atoms with Gasteiger partial charge in [0, 0.05) is 23.1 Å². The minimum absolute atomic E-state index is 0.163. The summed E-state index contributed by atoms with van der Waals surface area (Å²) < 4.78 is 5.85. The van der Waals surface area contributed by atoms with E-state index in [1.165, 1.54) is 4.90 Å². The van der Waals surface area contributed by atoms with Crippen molar-refractivity contribution < 1.29 is 24.2 Å². The molecular weight excluding hydrogens is 512 g/mol. The Labute approximate surface area is 211 Å². The molecule has 1 aliphatic heterocycles. The van der Waals surface area contributed by atoms with Gasteiger partial charge in [-0.3, -0.25) is 9.69 Å². The van der Waals surface area contributed by atoms with E-state index in [9.17, 15) is 19.5 Å². The molecule has 0 saturated heterocycles. The lowest BCUT2D eigenvalue weighted by Crippen LogP contribution is -2.60. The molecule has 1 atom stereocenters. The smallest absolute Gasteiger partial charge is 0.408 e. The molecule has 1 aliphatic rings. The summed E-state index contributed by atoms with van der Waals surface area (Å²) in [7, 11) is 0. The zero-order valence-electron chi connectivity index (χ0n) is 19.2. The molecule has 0 fully saturated rings. The van der Waals surface area contributed by atoms with Crippen molar-refractivity contribution in [2.24, 2.45) is 0 Å². The maximum atomic E-state index is 14.1. The van der Waals surface area contributed by atoms with Crippen molar-refractivity contribution >= 4 is 39.6 Å². The summed E-state index contributed by atoms with van der Waals surface area (Å²) in [5.41, 5.74) is 1.70. The van der Waals surface area contributed by atoms with Crippen LogP contribution in [0.15, 0.2) is 77.3 Å². The fraction of sp³-hybridized carbons (Fsp3) is 0.222. The number of anilines is 1. The number of hydrogen-bond donors (Lipinski definition) is 2. The Balaban J connectivity index is 1.79. The molecule has 7 nitrogen and oxygen atoms in total. The van der Waals surface area contributed by atoms with Crippen LogP contribution in [0, 0.1) is 0 Å². The van der Waals surface area contributed by atoms with Gasteiger partial charge in [0.1, 0.15) is 0 Å². The quantitative estimate of drug-likeness (QED) is 0.420. The van der Waals surface area contributed by atoms with Crippen molar-refractivity contribution in [1.82, 2.24) is 4.90 Å². The number of carboxylic acid groups (broad SMARTS) is 1. The number of esters is 1. The molecular formula is C27H25BrN2O5. The largest absolute Gasteiger partial charge is 0.465 e. The summed E-state index contributed by atoms with van der Waals surface area (Å²) in [6, 6.07) is 21.3. The van der Waals surface area contributed by atoms with Crippen LogP contribution in [-0.4, -0.2) is 41.1 Å². The van der Waals surface area contributed by atoms with Crippen LogP contribution < -0.4 is 5.32 Å². The Hall–Kier alpha value is -3.65. The normalized spacial score (nSPS) is 16.8. The monoisotopic (exact) mass is 536 g/mol.